The van der Waals surface area contributed by atoms with Gasteiger partial charge in [0.2, 0.25) is 0 Å². The summed E-state index contributed by atoms with van der Waals surface area (Å²) < 4.78 is 26.0. The maximum Gasteiger partial charge on any atom is 0.300 e. The lowest BCUT2D eigenvalue weighted by Crippen LogP contribution is -2.19. The van der Waals surface area contributed by atoms with E-state index in [0.717, 1.165) is 6.07 Å². The third-order valence-corrected chi connectivity index (χ3v) is 2.22. The summed E-state index contributed by atoms with van der Waals surface area (Å²) in [6, 6.07) is 3.94. The number of halogens is 3. The van der Waals surface area contributed by atoms with Crippen LogP contribution in [0.25, 0.3) is 0 Å². The minimum absolute atomic E-state index is 0.0755. The molecule has 2 nitrogen and oxygen atoms in total. The molecule has 0 heterocycles. The molecule has 0 bridgehead atoms. The van der Waals surface area contributed by atoms with Gasteiger partial charge in [-0.25, -0.2) is 0 Å². The molecule has 0 aliphatic carbocycles. The van der Waals surface area contributed by atoms with Crippen LogP contribution in [-0.4, -0.2) is 16.8 Å². The van der Waals surface area contributed by atoms with Crippen molar-refractivity contribution in [1.29, 1.82) is 0 Å². The van der Waals surface area contributed by atoms with Gasteiger partial charge in [-0.2, -0.15) is 8.78 Å². The van der Waals surface area contributed by atoms with E-state index in [-0.39, 0.29) is 4.47 Å². The van der Waals surface area contributed by atoms with Crippen molar-refractivity contribution in [2.24, 2.45) is 0 Å². The zero-order valence-corrected chi connectivity index (χ0v) is 8.05. The van der Waals surface area contributed by atoms with Crippen molar-refractivity contribution in [3.8, 4) is 5.75 Å². The zero-order chi connectivity index (χ0) is 10.1. The van der Waals surface area contributed by atoms with Gasteiger partial charge in [0, 0.05) is 4.47 Å². The van der Waals surface area contributed by atoms with Crippen LogP contribution in [0.5, 0.6) is 5.75 Å². The van der Waals surface area contributed by atoms with E-state index in [1.54, 1.807) is 0 Å². The molecule has 5 heteroatoms. The van der Waals surface area contributed by atoms with Crippen molar-refractivity contribution in [2.45, 2.75) is 5.92 Å². The average Bonchev–Trinajstić information content (AvgIpc) is 2.03. The maximum absolute atomic E-state index is 13.0. The predicted molar refractivity (Wildman–Crippen MR) is 46.8 cm³/mol. The van der Waals surface area contributed by atoms with Crippen LogP contribution in [0.2, 0.25) is 0 Å². The molecule has 0 radical (unpaired) electrons. The SMILES string of the molecule is OCC(F)(F)c1c(O)cccc1Br. The Hall–Kier alpha value is -0.680. The van der Waals surface area contributed by atoms with E-state index in [2.05, 4.69) is 15.9 Å². The molecular formula is C8H7BrF2O2. The smallest absolute Gasteiger partial charge is 0.300 e. The van der Waals surface area contributed by atoms with Gasteiger partial charge in [0.25, 0.3) is 5.92 Å². The van der Waals surface area contributed by atoms with Crippen molar-refractivity contribution >= 4 is 15.9 Å². The zero-order valence-electron chi connectivity index (χ0n) is 6.47. The highest BCUT2D eigenvalue weighted by molar-refractivity contribution is 9.10. The summed E-state index contributed by atoms with van der Waals surface area (Å²) in [5.41, 5.74) is -0.586. The van der Waals surface area contributed by atoms with Gasteiger partial charge in [-0.3, -0.25) is 0 Å². The van der Waals surface area contributed by atoms with Crippen LogP contribution in [0.4, 0.5) is 8.78 Å². The molecule has 0 atom stereocenters. The number of phenols is 1. The van der Waals surface area contributed by atoms with Crippen molar-refractivity contribution < 1.29 is 19.0 Å². The first-order valence-electron chi connectivity index (χ1n) is 3.45. The molecule has 72 valence electrons. The number of rotatable bonds is 2. The normalized spacial score (nSPS) is 11.7. The van der Waals surface area contributed by atoms with Crippen LogP contribution in [0.3, 0.4) is 0 Å². The van der Waals surface area contributed by atoms with E-state index < -0.39 is 23.8 Å². The molecule has 0 saturated heterocycles. The van der Waals surface area contributed by atoms with Gasteiger partial charge in [0.15, 0.2) is 0 Å². The van der Waals surface area contributed by atoms with Gasteiger partial charge in [0.05, 0.1) is 5.56 Å². The second kappa shape index (κ2) is 3.59. The Morgan fingerprint density at radius 1 is 1.38 bits per heavy atom. The number of aliphatic hydroxyl groups excluding tert-OH is 1. The summed E-state index contributed by atoms with van der Waals surface area (Å²) in [4.78, 5) is 0. The third kappa shape index (κ3) is 1.97. The van der Waals surface area contributed by atoms with Crippen LogP contribution in [-0.2, 0) is 5.92 Å². The van der Waals surface area contributed by atoms with Gasteiger partial charge < -0.3 is 10.2 Å². The second-order valence-corrected chi connectivity index (χ2v) is 3.35. The fourth-order valence-electron chi connectivity index (χ4n) is 0.954. The lowest BCUT2D eigenvalue weighted by molar-refractivity contribution is -0.0577. The van der Waals surface area contributed by atoms with Crippen molar-refractivity contribution in [3.63, 3.8) is 0 Å². The summed E-state index contributed by atoms with van der Waals surface area (Å²) in [5.74, 6) is -3.96. The standard InChI is InChI=1S/C8H7BrF2O2/c9-5-2-1-3-6(13)7(5)8(10,11)4-12/h1-3,12-13H,4H2. The second-order valence-electron chi connectivity index (χ2n) is 2.50. The first kappa shape index (κ1) is 10.4. The van der Waals surface area contributed by atoms with E-state index >= 15 is 0 Å². The average molecular weight is 253 g/mol. The van der Waals surface area contributed by atoms with E-state index in [0.29, 0.717) is 0 Å². The quantitative estimate of drug-likeness (QED) is 0.848. The van der Waals surface area contributed by atoms with E-state index in [1.807, 2.05) is 0 Å². The molecule has 13 heavy (non-hydrogen) atoms. The van der Waals surface area contributed by atoms with Crippen LogP contribution in [0.1, 0.15) is 5.56 Å². The number of benzene rings is 1. The minimum atomic E-state index is -3.43. The topological polar surface area (TPSA) is 40.5 Å². The largest absolute Gasteiger partial charge is 0.507 e. The van der Waals surface area contributed by atoms with Crippen LogP contribution in [0, 0.1) is 0 Å². The van der Waals surface area contributed by atoms with Gasteiger partial charge in [-0.15, -0.1) is 0 Å². The number of aromatic hydroxyl groups is 1. The summed E-state index contributed by atoms with van der Waals surface area (Å²) in [7, 11) is 0. The van der Waals surface area contributed by atoms with Gasteiger partial charge in [-0.1, -0.05) is 22.0 Å². The molecule has 0 aliphatic rings. The summed E-state index contributed by atoms with van der Waals surface area (Å²) in [6.07, 6.45) is 0. The molecule has 0 aromatic heterocycles. The first-order valence-corrected chi connectivity index (χ1v) is 4.25. The van der Waals surface area contributed by atoms with Gasteiger partial charge in [0.1, 0.15) is 12.4 Å². The molecule has 0 saturated carbocycles. The lowest BCUT2D eigenvalue weighted by Gasteiger charge is -2.16. The molecule has 1 aromatic rings. The maximum atomic E-state index is 13.0. The van der Waals surface area contributed by atoms with Crippen molar-refractivity contribution in [2.75, 3.05) is 6.61 Å². The number of hydrogen-bond donors (Lipinski definition) is 2. The summed E-state index contributed by atoms with van der Waals surface area (Å²) in [5, 5.41) is 17.6. The van der Waals surface area contributed by atoms with E-state index in [1.165, 1.54) is 12.1 Å². The minimum Gasteiger partial charge on any atom is -0.507 e. The molecule has 0 amide bonds. The highest BCUT2D eigenvalue weighted by Gasteiger charge is 2.35. The predicted octanol–water partition coefficient (Wildman–Crippen LogP) is 2.24. The summed E-state index contributed by atoms with van der Waals surface area (Å²) >= 11 is 2.87. The Kier molecular flexibility index (Phi) is 2.87. The lowest BCUT2D eigenvalue weighted by atomic mass is 10.1. The first-order chi connectivity index (χ1) is 5.99. The Morgan fingerprint density at radius 3 is 2.46 bits per heavy atom. The molecule has 0 spiro atoms. The third-order valence-electron chi connectivity index (χ3n) is 1.56. The highest BCUT2D eigenvalue weighted by Crippen LogP contribution is 2.38. The molecule has 1 aromatic carbocycles. The molecule has 1 rings (SSSR count). The Morgan fingerprint density at radius 2 is 2.00 bits per heavy atom. The molecule has 0 unspecified atom stereocenters. The Balaban J connectivity index is 3.28. The monoisotopic (exact) mass is 252 g/mol. The highest BCUT2D eigenvalue weighted by atomic mass is 79.9. The number of aliphatic hydroxyl groups is 1. The van der Waals surface area contributed by atoms with Crippen molar-refractivity contribution in [3.05, 3.63) is 28.2 Å². The van der Waals surface area contributed by atoms with E-state index in [9.17, 15) is 8.78 Å². The van der Waals surface area contributed by atoms with Crippen molar-refractivity contribution in [1.82, 2.24) is 0 Å². The Bertz CT molecular complexity index is 295. The number of alkyl halides is 2. The molecule has 0 fully saturated rings. The number of hydrogen-bond acceptors (Lipinski definition) is 2. The van der Waals surface area contributed by atoms with Crippen LogP contribution in [0.15, 0.2) is 22.7 Å². The van der Waals surface area contributed by atoms with Gasteiger partial charge >= 0.3 is 0 Å². The number of phenolic OH excluding ortho intramolecular Hbond substituents is 1. The molecule has 0 aliphatic heterocycles. The van der Waals surface area contributed by atoms with Crippen LogP contribution < -0.4 is 0 Å². The fourth-order valence-corrected chi connectivity index (χ4v) is 1.60. The van der Waals surface area contributed by atoms with E-state index in [4.69, 9.17) is 10.2 Å². The van der Waals surface area contributed by atoms with Gasteiger partial charge in [-0.05, 0) is 12.1 Å². The Labute approximate surface area is 81.9 Å². The molecule has 2 N–H and O–H groups in total. The van der Waals surface area contributed by atoms with Crippen LogP contribution >= 0.6 is 15.9 Å². The molecular weight excluding hydrogens is 246 g/mol. The summed E-state index contributed by atoms with van der Waals surface area (Å²) in [6.45, 7) is -1.33. The fraction of sp³-hybridized carbons (Fsp3) is 0.250.